The van der Waals surface area contributed by atoms with Crippen molar-refractivity contribution in [2.24, 2.45) is 0 Å². The van der Waals surface area contributed by atoms with Gasteiger partial charge in [0.25, 0.3) is 11.6 Å². The van der Waals surface area contributed by atoms with Crippen molar-refractivity contribution in [3.63, 3.8) is 0 Å². The lowest BCUT2D eigenvalue weighted by Gasteiger charge is -2.03. The minimum absolute atomic E-state index is 0.144. The maximum absolute atomic E-state index is 11.4. The number of non-ortho nitro benzene ring substituents is 1. The molecule has 0 fully saturated rings. The number of amides is 1. The van der Waals surface area contributed by atoms with Gasteiger partial charge in [0.15, 0.2) is 0 Å². The van der Waals surface area contributed by atoms with Crippen molar-refractivity contribution in [3.8, 4) is 0 Å². The molecule has 0 heterocycles. The van der Waals surface area contributed by atoms with Gasteiger partial charge in [0.05, 0.1) is 17.6 Å². The average Bonchev–Trinajstić information content (AvgIpc) is 2.18. The van der Waals surface area contributed by atoms with Crippen molar-refractivity contribution in [2.75, 3.05) is 7.11 Å². The summed E-state index contributed by atoms with van der Waals surface area (Å²) in [6.45, 7) is 0. The highest BCUT2D eigenvalue weighted by atomic mass is 79.9. The largest absolute Gasteiger partial charge is 0.277 e. The first-order valence-electron chi connectivity index (χ1n) is 3.83. The Balaban J connectivity index is 3.10. The summed E-state index contributed by atoms with van der Waals surface area (Å²) in [5.41, 5.74) is 2.07. The Hall–Kier alpha value is -1.47. The molecule has 0 aliphatic rings. The molecule has 0 saturated heterocycles. The van der Waals surface area contributed by atoms with Crippen LogP contribution < -0.4 is 5.48 Å². The molecule has 0 aliphatic heterocycles. The summed E-state index contributed by atoms with van der Waals surface area (Å²) in [7, 11) is 1.28. The van der Waals surface area contributed by atoms with Crippen LogP contribution >= 0.6 is 15.9 Å². The van der Waals surface area contributed by atoms with Crippen molar-refractivity contribution in [3.05, 3.63) is 38.3 Å². The predicted octanol–water partition coefficient (Wildman–Crippen LogP) is 1.65. The van der Waals surface area contributed by atoms with E-state index in [1.807, 2.05) is 0 Å². The maximum atomic E-state index is 11.4. The van der Waals surface area contributed by atoms with Crippen molar-refractivity contribution >= 4 is 27.5 Å². The number of carbonyl (C=O) groups excluding carboxylic acids is 1. The van der Waals surface area contributed by atoms with E-state index >= 15 is 0 Å². The van der Waals surface area contributed by atoms with Crippen LogP contribution in [0.4, 0.5) is 5.69 Å². The number of nitrogens with one attached hydrogen (secondary N) is 1. The molecule has 0 atom stereocenters. The summed E-state index contributed by atoms with van der Waals surface area (Å²) < 4.78 is 0.461. The van der Waals surface area contributed by atoms with E-state index < -0.39 is 10.8 Å². The molecular formula is C8H7BrN2O4. The number of benzene rings is 1. The summed E-state index contributed by atoms with van der Waals surface area (Å²) in [4.78, 5) is 25.7. The molecule has 6 nitrogen and oxygen atoms in total. The highest BCUT2D eigenvalue weighted by molar-refractivity contribution is 9.10. The molecule has 0 saturated carbocycles. The Labute approximate surface area is 93.5 Å². The summed E-state index contributed by atoms with van der Waals surface area (Å²) in [6, 6.07) is 3.90. The van der Waals surface area contributed by atoms with Crippen LogP contribution in [0.1, 0.15) is 10.4 Å². The van der Waals surface area contributed by atoms with E-state index in [0.29, 0.717) is 4.47 Å². The summed E-state index contributed by atoms with van der Waals surface area (Å²) in [6.07, 6.45) is 0. The lowest BCUT2D eigenvalue weighted by Crippen LogP contribution is -2.22. The monoisotopic (exact) mass is 274 g/mol. The zero-order valence-corrected chi connectivity index (χ0v) is 9.28. The molecule has 0 aliphatic carbocycles. The third kappa shape index (κ3) is 2.74. The minimum atomic E-state index is -0.573. The van der Waals surface area contributed by atoms with E-state index in [4.69, 9.17) is 0 Å². The molecule has 1 aromatic rings. The predicted molar refractivity (Wildman–Crippen MR) is 55.3 cm³/mol. The molecule has 0 bridgehead atoms. The van der Waals surface area contributed by atoms with E-state index in [9.17, 15) is 14.9 Å². The van der Waals surface area contributed by atoms with Gasteiger partial charge in [-0.25, -0.2) is 5.48 Å². The van der Waals surface area contributed by atoms with E-state index in [1.165, 1.54) is 25.3 Å². The summed E-state index contributed by atoms with van der Waals surface area (Å²) >= 11 is 3.11. The third-order valence-corrected chi connectivity index (χ3v) is 2.29. The average molecular weight is 275 g/mol. The molecule has 7 heteroatoms. The summed E-state index contributed by atoms with van der Waals surface area (Å²) in [5, 5.41) is 10.5. The molecule has 1 amide bonds. The van der Waals surface area contributed by atoms with Gasteiger partial charge in [-0.1, -0.05) is 0 Å². The van der Waals surface area contributed by atoms with Crippen molar-refractivity contribution in [2.45, 2.75) is 0 Å². The fraction of sp³-hybridized carbons (Fsp3) is 0.125. The highest BCUT2D eigenvalue weighted by Gasteiger charge is 2.14. The van der Waals surface area contributed by atoms with Crippen molar-refractivity contribution in [1.29, 1.82) is 0 Å². The molecule has 1 aromatic carbocycles. The topological polar surface area (TPSA) is 81.5 Å². The Morgan fingerprint density at radius 1 is 1.60 bits per heavy atom. The normalized spacial score (nSPS) is 9.73. The third-order valence-electron chi connectivity index (χ3n) is 1.60. The van der Waals surface area contributed by atoms with Gasteiger partial charge in [0.1, 0.15) is 0 Å². The van der Waals surface area contributed by atoms with Crippen LogP contribution in [0.5, 0.6) is 0 Å². The standard InChI is InChI=1S/C8H7BrN2O4/c1-15-10-8(12)6-4-5(11(13)14)2-3-7(6)9/h2-4H,1H3,(H,10,12). The van der Waals surface area contributed by atoms with E-state index in [2.05, 4.69) is 26.2 Å². The van der Waals surface area contributed by atoms with Crippen LogP contribution in [0.25, 0.3) is 0 Å². The zero-order valence-electron chi connectivity index (χ0n) is 7.69. The van der Waals surface area contributed by atoms with Crippen molar-refractivity contribution in [1.82, 2.24) is 5.48 Å². The number of nitrogens with zero attached hydrogens (tertiary/aromatic N) is 1. The van der Waals surface area contributed by atoms with Crippen LogP contribution in [-0.2, 0) is 4.84 Å². The lowest BCUT2D eigenvalue weighted by atomic mass is 10.2. The van der Waals surface area contributed by atoms with Gasteiger partial charge in [0, 0.05) is 16.6 Å². The quantitative estimate of drug-likeness (QED) is 0.671. The molecule has 15 heavy (non-hydrogen) atoms. The van der Waals surface area contributed by atoms with Gasteiger partial charge in [-0.05, 0) is 22.0 Å². The molecule has 0 aromatic heterocycles. The fourth-order valence-corrected chi connectivity index (χ4v) is 1.38. The van der Waals surface area contributed by atoms with Crippen molar-refractivity contribution < 1.29 is 14.6 Å². The number of hydroxylamine groups is 1. The van der Waals surface area contributed by atoms with Crippen LogP contribution in [0.15, 0.2) is 22.7 Å². The van der Waals surface area contributed by atoms with E-state index in [1.54, 1.807) is 0 Å². The smallest absolute Gasteiger partial charge is 0.276 e. The number of hydrogen-bond acceptors (Lipinski definition) is 4. The summed E-state index contributed by atoms with van der Waals surface area (Å²) in [5.74, 6) is -0.548. The van der Waals surface area contributed by atoms with Gasteiger partial charge in [-0.2, -0.15) is 0 Å². The molecule has 0 radical (unpaired) electrons. The van der Waals surface area contributed by atoms with Gasteiger partial charge in [0.2, 0.25) is 0 Å². The van der Waals surface area contributed by atoms with Crippen LogP contribution in [0.3, 0.4) is 0 Å². The minimum Gasteiger partial charge on any atom is -0.277 e. The Morgan fingerprint density at radius 3 is 2.80 bits per heavy atom. The molecule has 80 valence electrons. The first kappa shape index (κ1) is 11.6. The number of nitro benzene ring substituents is 1. The van der Waals surface area contributed by atoms with Crippen LogP contribution in [0.2, 0.25) is 0 Å². The number of rotatable bonds is 3. The fourth-order valence-electron chi connectivity index (χ4n) is 0.949. The van der Waals surface area contributed by atoms with Gasteiger partial charge in [-0.15, -0.1) is 0 Å². The number of nitro groups is 1. The molecule has 1 rings (SSSR count). The second-order valence-corrected chi connectivity index (χ2v) is 3.41. The second-order valence-electron chi connectivity index (χ2n) is 2.56. The number of halogens is 1. The Bertz CT molecular complexity index is 408. The Kier molecular flexibility index (Phi) is 3.75. The molecule has 1 N–H and O–H groups in total. The molecule has 0 spiro atoms. The SMILES string of the molecule is CONC(=O)c1cc([N+](=O)[O-])ccc1Br. The van der Waals surface area contributed by atoms with E-state index in [-0.39, 0.29) is 11.3 Å². The number of carbonyl (C=O) groups is 1. The van der Waals surface area contributed by atoms with Crippen LogP contribution in [-0.4, -0.2) is 17.9 Å². The molecule has 0 unspecified atom stereocenters. The number of hydrogen-bond donors (Lipinski definition) is 1. The first-order chi connectivity index (χ1) is 7.06. The zero-order chi connectivity index (χ0) is 11.4. The maximum Gasteiger partial charge on any atom is 0.276 e. The highest BCUT2D eigenvalue weighted by Crippen LogP contribution is 2.22. The lowest BCUT2D eigenvalue weighted by molar-refractivity contribution is -0.384. The van der Waals surface area contributed by atoms with Crippen LogP contribution in [0, 0.1) is 10.1 Å². The second kappa shape index (κ2) is 4.85. The van der Waals surface area contributed by atoms with Gasteiger partial charge >= 0.3 is 0 Å². The Morgan fingerprint density at radius 2 is 2.27 bits per heavy atom. The van der Waals surface area contributed by atoms with Gasteiger partial charge in [-0.3, -0.25) is 19.7 Å². The first-order valence-corrected chi connectivity index (χ1v) is 4.63. The molecular weight excluding hydrogens is 268 g/mol. The van der Waals surface area contributed by atoms with E-state index in [0.717, 1.165) is 0 Å². The van der Waals surface area contributed by atoms with Gasteiger partial charge < -0.3 is 0 Å².